The number of carbonyl (C=O) groups excluding carboxylic acids is 1. The fourth-order valence-electron chi connectivity index (χ4n) is 4.47. The van der Waals surface area contributed by atoms with Crippen LogP contribution in [0.15, 0.2) is 67.5 Å². The maximum atomic E-state index is 12.2. The number of anilines is 1. The number of aromatic amines is 2. The van der Waals surface area contributed by atoms with Gasteiger partial charge < -0.3 is 19.8 Å². The average molecular weight is 492 g/mol. The van der Waals surface area contributed by atoms with E-state index in [0.29, 0.717) is 17.9 Å². The molecule has 0 saturated carbocycles. The number of aromatic nitrogens is 7. The van der Waals surface area contributed by atoms with E-state index in [1.54, 1.807) is 18.6 Å². The zero-order chi connectivity index (χ0) is 25.5. The van der Waals surface area contributed by atoms with Crippen LogP contribution in [0.4, 0.5) is 5.69 Å². The zero-order valence-corrected chi connectivity index (χ0v) is 20.6. The Balaban J connectivity index is 1.38. The normalized spacial score (nSPS) is 11.6. The van der Waals surface area contributed by atoms with Gasteiger partial charge in [0.25, 0.3) is 0 Å². The van der Waals surface area contributed by atoms with E-state index >= 15 is 0 Å². The molecule has 0 unspecified atom stereocenters. The van der Waals surface area contributed by atoms with Crippen molar-refractivity contribution in [3.63, 3.8) is 0 Å². The minimum absolute atomic E-state index is 0.0984. The number of fused-ring (bicyclic) bond motifs is 2. The molecule has 1 aromatic carbocycles. The molecule has 6 aromatic rings. The number of hydrogen-bond acceptors (Lipinski definition) is 6. The van der Waals surface area contributed by atoms with E-state index in [1.807, 2.05) is 67.3 Å². The quantitative estimate of drug-likeness (QED) is 0.322. The van der Waals surface area contributed by atoms with Crippen LogP contribution in [0, 0.1) is 6.92 Å². The van der Waals surface area contributed by atoms with Crippen molar-refractivity contribution in [3.8, 4) is 28.2 Å². The first kappa shape index (κ1) is 22.6. The zero-order valence-electron chi connectivity index (χ0n) is 20.6. The average Bonchev–Trinajstić information content (AvgIpc) is 3.60. The molecular weight excluding hydrogens is 466 g/mol. The van der Waals surface area contributed by atoms with Crippen molar-refractivity contribution in [3.05, 3.63) is 73.2 Å². The van der Waals surface area contributed by atoms with Gasteiger partial charge in [0.05, 0.1) is 41.8 Å². The van der Waals surface area contributed by atoms with Crippen molar-refractivity contribution < 1.29 is 4.79 Å². The number of imidazole rings is 1. The third-order valence-corrected chi connectivity index (χ3v) is 6.12. The lowest BCUT2D eigenvalue weighted by atomic mass is 10.1. The maximum Gasteiger partial charge on any atom is 0.238 e. The van der Waals surface area contributed by atoms with Gasteiger partial charge in [0.2, 0.25) is 5.91 Å². The van der Waals surface area contributed by atoms with Crippen molar-refractivity contribution in [2.75, 3.05) is 26.0 Å². The Morgan fingerprint density at radius 3 is 2.73 bits per heavy atom. The van der Waals surface area contributed by atoms with E-state index in [9.17, 15) is 4.79 Å². The summed E-state index contributed by atoms with van der Waals surface area (Å²) in [6, 6.07) is 12.2. The molecule has 184 valence electrons. The molecule has 0 saturated heterocycles. The fraction of sp³-hybridized carbons (Fsp3) is 0.148. The summed E-state index contributed by atoms with van der Waals surface area (Å²) in [4.78, 5) is 30.8. The summed E-state index contributed by atoms with van der Waals surface area (Å²) in [5.74, 6) is -0.0984. The van der Waals surface area contributed by atoms with Gasteiger partial charge in [-0.1, -0.05) is 6.07 Å². The summed E-state index contributed by atoms with van der Waals surface area (Å²) in [6.45, 7) is 2.27. The Morgan fingerprint density at radius 1 is 1.05 bits per heavy atom. The predicted octanol–water partition coefficient (Wildman–Crippen LogP) is 4.16. The number of amides is 1. The number of nitrogens with zero attached hydrogens (tertiary/aromatic N) is 6. The van der Waals surface area contributed by atoms with Crippen LogP contribution in [0.5, 0.6) is 0 Å². The van der Waals surface area contributed by atoms with E-state index in [4.69, 9.17) is 0 Å². The molecule has 3 N–H and O–H groups in total. The number of H-pyrrole nitrogens is 2. The number of likely N-dealkylation sites (N-methyl/N-ethyl adjacent to an activating group) is 1. The Morgan fingerprint density at radius 2 is 1.92 bits per heavy atom. The Bertz CT molecular complexity index is 1760. The molecule has 5 heterocycles. The minimum atomic E-state index is -0.0984. The lowest BCUT2D eigenvalue weighted by Gasteiger charge is -2.10. The maximum absolute atomic E-state index is 12.2. The number of benzene rings is 1. The third-order valence-electron chi connectivity index (χ3n) is 6.12. The van der Waals surface area contributed by atoms with Gasteiger partial charge in [-0.3, -0.25) is 14.9 Å². The second-order valence-corrected chi connectivity index (χ2v) is 9.28. The molecule has 6 rings (SSSR count). The summed E-state index contributed by atoms with van der Waals surface area (Å²) in [5.41, 5.74) is 7.70. The van der Waals surface area contributed by atoms with E-state index in [2.05, 4.69) is 47.6 Å². The highest BCUT2D eigenvalue weighted by Gasteiger charge is 2.15. The first-order valence-corrected chi connectivity index (χ1v) is 11.8. The Labute approximate surface area is 212 Å². The first-order chi connectivity index (χ1) is 17.9. The second kappa shape index (κ2) is 8.99. The van der Waals surface area contributed by atoms with E-state index in [1.165, 1.54) is 0 Å². The molecule has 10 nitrogen and oxygen atoms in total. The van der Waals surface area contributed by atoms with Crippen LogP contribution in [-0.2, 0) is 4.79 Å². The summed E-state index contributed by atoms with van der Waals surface area (Å²) in [6.07, 6.45) is 8.99. The molecule has 0 fully saturated rings. The van der Waals surface area contributed by atoms with Gasteiger partial charge in [0.15, 0.2) is 5.65 Å². The van der Waals surface area contributed by atoms with E-state index in [-0.39, 0.29) is 5.91 Å². The van der Waals surface area contributed by atoms with Gasteiger partial charge in [-0.15, -0.1) is 0 Å². The van der Waals surface area contributed by atoms with Gasteiger partial charge in [0, 0.05) is 46.0 Å². The third kappa shape index (κ3) is 4.34. The van der Waals surface area contributed by atoms with Crippen molar-refractivity contribution in [1.29, 1.82) is 0 Å². The summed E-state index contributed by atoms with van der Waals surface area (Å²) in [7, 11) is 3.70. The number of aryl methyl sites for hydroxylation is 1. The minimum Gasteiger partial charge on any atom is -0.353 e. The first-order valence-electron chi connectivity index (χ1n) is 11.8. The molecule has 0 aliphatic carbocycles. The summed E-state index contributed by atoms with van der Waals surface area (Å²) < 4.78 is 2.02. The summed E-state index contributed by atoms with van der Waals surface area (Å²) in [5, 5.41) is 12.5. The molecule has 5 aromatic heterocycles. The molecule has 0 aliphatic heterocycles. The number of carbonyl (C=O) groups is 1. The second-order valence-electron chi connectivity index (χ2n) is 9.28. The molecule has 0 atom stereocenters. The molecule has 37 heavy (non-hydrogen) atoms. The van der Waals surface area contributed by atoms with Gasteiger partial charge in [-0.25, -0.2) is 9.97 Å². The molecule has 0 aliphatic rings. The predicted molar refractivity (Wildman–Crippen MR) is 143 cm³/mol. The van der Waals surface area contributed by atoms with Crippen molar-refractivity contribution >= 4 is 33.5 Å². The number of rotatable bonds is 6. The molecule has 1 amide bonds. The van der Waals surface area contributed by atoms with Crippen LogP contribution in [0.25, 0.3) is 50.1 Å². The standard InChI is InChI=1S/C27H25N9O/c1-16-13-36(15-30-16)24-6-4-5-22-20(24)9-23(32-22)26-21-8-18(11-29-27(21)34-33-26)17-7-19(12-28-10-17)31-25(37)14-35(2)3/h4-13,15,32H,14H2,1-3H3,(H,31,37)(H,29,33,34). The van der Waals surface area contributed by atoms with Crippen LogP contribution < -0.4 is 5.32 Å². The highest BCUT2D eigenvalue weighted by Crippen LogP contribution is 2.33. The van der Waals surface area contributed by atoms with Gasteiger partial charge in [0.1, 0.15) is 5.69 Å². The largest absolute Gasteiger partial charge is 0.353 e. The van der Waals surface area contributed by atoms with Crippen LogP contribution >= 0.6 is 0 Å². The molecule has 0 radical (unpaired) electrons. The molecule has 0 spiro atoms. The van der Waals surface area contributed by atoms with Crippen LogP contribution in [0.2, 0.25) is 0 Å². The van der Waals surface area contributed by atoms with Crippen molar-refractivity contribution in [2.24, 2.45) is 0 Å². The Kier molecular flexibility index (Phi) is 5.50. The fourth-order valence-corrected chi connectivity index (χ4v) is 4.47. The molecular formula is C27H25N9O. The molecule has 10 heteroatoms. The lowest BCUT2D eigenvalue weighted by molar-refractivity contribution is -0.116. The smallest absolute Gasteiger partial charge is 0.238 e. The van der Waals surface area contributed by atoms with Crippen LogP contribution in [0.1, 0.15) is 5.69 Å². The van der Waals surface area contributed by atoms with E-state index in [0.717, 1.165) is 50.2 Å². The van der Waals surface area contributed by atoms with Gasteiger partial charge in [-0.2, -0.15) is 5.10 Å². The number of nitrogens with one attached hydrogen (secondary N) is 3. The monoisotopic (exact) mass is 491 g/mol. The van der Waals surface area contributed by atoms with Gasteiger partial charge in [-0.05, 0) is 51.4 Å². The SMILES string of the molecule is Cc1cn(-c2cccc3[nH]c(-c4n[nH]c5ncc(-c6cncc(NC(=O)CN(C)C)c6)cc45)cc23)cn1. The summed E-state index contributed by atoms with van der Waals surface area (Å²) >= 11 is 0. The van der Waals surface area contributed by atoms with Crippen LogP contribution in [0.3, 0.4) is 0 Å². The van der Waals surface area contributed by atoms with Gasteiger partial charge >= 0.3 is 0 Å². The van der Waals surface area contributed by atoms with Crippen molar-refractivity contribution in [2.45, 2.75) is 6.92 Å². The van der Waals surface area contributed by atoms with Crippen LogP contribution in [-0.4, -0.2) is 66.1 Å². The number of hydrogen-bond donors (Lipinski definition) is 3. The van der Waals surface area contributed by atoms with Crippen molar-refractivity contribution in [1.82, 2.24) is 39.6 Å². The Hall–Kier alpha value is -4.83. The molecule has 0 bridgehead atoms. The topological polar surface area (TPSA) is 120 Å². The highest BCUT2D eigenvalue weighted by atomic mass is 16.2. The lowest BCUT2D eigenvalue weighted by Crippen LogP contribution is -2.27. The number of pyridine rings is 2. The highest BCUT2D eigenvalue weighted by molar-refractivity contribution is 5.98. The van der Waals surface area contributed by atoms with E-state index < -0.39 is 0 Å².